The SMILES string of the molecule is COc1ccc(CNCC(=O)Nc2ccc(F)cc2F)cc1OC. The van der Waals surface area contributed by atoms with Gasteiger partial charge in [-0.3, -0.25) is 4.79 Å². The summed E-state index contributed by atoms with van der Waals surface area (Å²) in [6, 6.07) is 8.37. The molecule has 24 heavy (non-hydrogen) atoms. The number of methoxy groups -OCH3 is 2. The lowest BCUT2D eigenvalue weighted by Gasteiger charge is -2.10. The topological polar surface area (TPSA) is 59.6 Å². The molecule has 2 aromatic rings. The number of nitrogens with one attached hydrogen (secondary N) is 2. The highest BCUT2D eigenvalue weighted by atomic mass is 19.1. The van der Waals surface area contributed by atoms with E-state index in [0.717, 1.165) is 11.6 Å². The van der Waals surface area contributed by atoms with Crippen LogP contribution < -0.4 is 20.1 Å². The summed E-state index contributed by atoms with van der Waals surface area (Å²) in [5.74, 6) is -0.735. The Morgan fingerprint density at radius 2 is 1.79 bits per heavy atom. The lowest BCUT2D eigenvalue weighted by Crippen LogP contribution is -2.28. The maximum Gasteiger partial charge on any atom is 0.238 e. The molecule has 2 aromatic carbocycles. The van der Waals surface area contributed by atoms with E-state index >= 15 is 0 Å². The van der Waals surface area contributed by atoms with Crippen molar-refractivity contribution in [3.8, 4) is 11.5 Å². The van der Waals surface area contributed by atoms with Crippen molar-refractivity contribution in [3.05, 3.63) is 53.6 Å². The van der Waals surface area contributed by atoms with Gasteiger partial charge in [-0.05, 0) is 29.8 Å². The Morgan fingerprint density at radius 1 is 1.04 bits per heavy atom. The van der Waals surface area contributed by atoms with Crippen molar-refractivity contribution in [2.75, 3.05) is 26.1 Å². The van der Waals surface area contributed by atoms with Crippen LogP contribution in [0.1, 0.15) is 5.56 Å². The van der Waals surface area contributed by atoms with Crippen LogP contribution in [-0.4, -0.2) is 26.7 Å². The van der Waals surface area contributed by atoms with Gasteiger partial charge >= 0.3 is 0 Å². The van der Waals surface area contributed by atoms with E-state index in [1.807, 2.05) is 6.07 Å². The van der Waals surface area contributed by atoms with Crippen molar-refractivity contribution >= 4 is 11.6 Å². The van der Waals surface area contributed by atoms with Crippen molar-refractivity contribution in [1.29, 1.82) is 0 Å². The number of hydrogen-bond acceptors (Lipinski definition) is 4. The van der Waals surface area contributed by atoms with Gasteiger partial charge in [-0.1, -0.05) is 6.07 Å². The van der Waals surface area contributed by atoms with E-state index in [0.29, 0.717) is 24.1 Å². The van der Waals surface area contributed by atoms with Crippen LogP contribution in [0.3, 0.4) is 0 Å². The van der Waals surface area contributed by atoms with E-state index in [1.165, 1.54) is 6.07 Å². The standard InChI is InChI=1S/C17H18F2N2O3/c1-23-15-6-3-11(7-16(15)24-2)9-20-10-17(22)21-14-5-4-12(18)8-13(14)19/h3-8,20H,9-10H2,1-2H3,(H,21,22). The zero-order valence-electron chi connectivity index (χ0n) is 13.4. The van der Waals surface area contributed by atoms with Gasteiger partial charge in [0.1, 0.15) is 11.6 Å². The Labute approximate surface area is 138 Å². The molecular formula is C17H18F2N2O3. The first-order valence-electron chi connectivity index (χ1n) is 7.20. The first-order chi connectivity index (χ1) is 11.5. The van der Waals surface area contributed by atoms with Crippen LogP contribution >= 0.6 is 0 Å². The van der Waals surface area contributed by atoms with Gasteiger partial charge < -0.3 is 20.1 Å². The Bertz CT molecular complexity index is 723. The van der Waals surface area contributed by atoms with Gasteiger partial charge in [-0.2, -0.15) is 0 Å². The average Bonchev–Trinajstić information content (AvgIpc) is 2.57. The van der Waals surface area contributed by atoms with E-state index in [4.69, 9.17) is 9.47 Å². The first-order valence-corrected chi connectivity index (χ1v) is 7.20. The molecule has 0 heterocycles. The van der Waals surface area contributed by atoms with Gasteiger partial charge in [0.05, 0.1) is 26.5 Å². The zero-order chi connectivity index (χ0) is 17.5. The number of halogens is 2. The summed E-state index contributed by atoms with van der Waals surface area (Å²) in [4.78, 5) is 11.8. The van der Waals surface area contributed by atoms with Crippen molar-refractivity contribution in [1.82, 2.24) is 5.32 Å². The number of carbonyl (C=O) groups excluding carboxylic acids is 1. The third-order valence-electron chi connectivity index (χ3n) is 3.27. The molecule has 0 saturated carbocycles. The molecule has 0 atom stereocenters. The highest BCUT2D eigenvalue weighted by Gasteiger charge is 2.08. The van der Waals surface area contributed by atoms with Gasteiger partial charge in [-0.15, -0.1) is 0 Å². The summed E-state index contributed by atoms with van der Waals surface area (Å²) >= 11 is 0. The summed E-state index contributed by atoms with van der Waals surface area (Å²) in [6.45, 7) is 0.394. The summed E-state index contributed by atoms with van der Waals surface area (Å²) in [5.41, 5.74) is 0.836. The Balaban J connectivity index is 1.86. The average molecular weight is 336 g/mol. The molecule has 0 aliphatic carbocycles. The molecule has 1 amide bonds. The van der Waals surface area contributed by atoms with Crippen molar-refractivity contribution in [3.63, 3.8) is 0 Å². The van der Waals surface area contributed by atoms with Crippen LogP contribution in [0.2, 0.25) is 0 Å². The second-order valence-electron chi connectivity index (χ2n) is 4.97. The molecule has 2 N–H and O–H groups in total. The van der Waals surface area contributed by atoms with E-state index in [2.05, 4.69) is 10.6 Å². The number of rotatable bonds is 7. The van der Waals surface area contributed by atoms with E-state index in [1.54, 1.807) is 26.4 Å². The van der Waals surface area contributed by atoms with Gasteiger partial charge in [0.2, 0.25) is 5.91 Å². The summed E-state index contributed by atoms with van der Waals surface area (Å²) in [7, 11) is 3.09. The van der Waals surface area contributed by atoms with Crippen LogP contribution in [0.25, 0.3) is 0 Å². The summed E-state index contributed by atoms with van der Waals surface area (Å²) in [5, 5.41) is 5.31. The molecule has 0 spiro atoms. The van der Waals surface area contributed by atoms with Gasteiger partial charge in [0.15, 0.2) is 11.5 Å². The number of hydrogen-bond donors (Lipinski definition) is 2. The lowest BCUT2D eigenvalue weighted by molar-refractivity contribution is -0.115. The minimum absolute atomic E-state index is 0.0227. The normalized spacial score (nSPS) is 10.3. The zero-order valence-corrected chi connectivity index (χ0v) is 13.4. The van der Waals surface area contributed by atoms with Crippen molar-refractivity contribution in [2.45, 2.75) is 6.54 Å². The molecule has 0 unspecified atom stereocenters. The van der Waals surface area contributed by atoms with Crippen LogP contribution in [-0.2, 0) is 11.3 Å². The second kappa shape index (κ2) is 8.26. The molecule has 0 fully saturated rings. The van der Waals surface area contributed by atoms with E-state index in [9.17, 15) is 13.6 Å². The number of carbonyl (C=O) groups is 1. The molecule has 0 bridgehead atoms. The smallest absolute Gasteiger partial charge is 0.238 e. The molecule has 0 aromatic heterocycles. The Kier molecular flexibility index (Phi) is 6.08. The van der Waals surface area contributed by atoms with Crippen LogP contribution in [0.15, 0.2) is 36.4 Å². The highest BCUT2D eigenvalue weighted by molar-refractivity contribution is 5.92. The van der Waals surface area contributed by atoms with Gasteiger partial charge in [-0.25, -0.2) is 8.78 Å². The van der Waals surface area contributed by atoms with Crippen LogP contribution in [0.5, 0.6) is 11.5 Å². The second-order valence-corrected chi connectivity index (χ2v) is 4.97. The van der Waals surface area contributed by atoms with Gasteiger partial charge in [0, 0.05) is 12.6 Å². The molecular weight excluding hydrogens is 318 g/mol. The maximum atomic E-state index is 13.5. The molecule has 0 aliphatic rings. The molecule has 7 heteroatoms. The summed E-state index contributed by atoms with van der Waals surface area (Å²) in [6.07, 6.45) is 0. The van der Waals surface area contributed by atoms with Gasteiger partial charge in [0.25, 0.3) is 0 Å². The molecule has 0 saturated heterocycles. The minimum atomic E-state index is -0.816. The number of ether oxygens (including phenoxy) is 2. The fraction of sp³-hybridized carbons (Fsp3) is 0.235. The molecule has 0 radical (unpaired) electrons. The Hall–Kier alpha value is -2.67. The molecule has 5 nitrogen and oxygen atoms in total. The van der Waals surface area contributed by atoms with Crippen LogP contribution in [0, 0.1) is 11.6 Å². The number of benzene rings is 2. The fourth-order valence-electron chi connectivity index (χ4n) is 2.10. The molecule has 0 aliphatic heterocycles. The third kappa shape index (κ3) is 4.66. The lowest BCUT2D eigenvalue weighted by atomic mass is 10.2. The maximum absolute atomic E-state index is 13.5. The first kappa shape index (κ1) is 17.7. The number of amides is 1. The predicted molar refractivity (Wildman–Crippen MR) is 86.2 cm³/mol. The highest BCUT2D eigenvalue weighted by Crippen LogP contribution is 2.27. The fourth-order valence-corrected chi connectivity index (χ4v) is 2.10. The molecule has 128 valence electrons. The number of anilines is 1. The predicted octanol–water partition coefficient (Wildman–Crippen LogP) is 2.71. The third-order valence-corrected chi connectivity index (χ3v) is 3.27. The van der Waals surface area contributed by atoms with E-state index < -0.39 is 17.5 Å². The van der Waals surface area contributed by atoms with Crippen molar-refractivity contribution in [2.24, 2.45) is 0 Å². The molecule has 2 rings (SSSR count). The van der Waals surface area contributed by atoms with Crippen molar-refractivity contribution < 1.29 is 23.0 Å². The minimum Gasteiger partial charge on any atom is -0.493 e. The van der Waals surface area contributed by atoms with Crippen LogP contribution in [0.4, 0.5) is 14.5 Å². The largest absolute Gasteiger partial charge is 0.493 e. The quantitative estimate of drug-likeness (QED) is 0.816. The monoisotopic (exact) mass is 336 g/mol. The summed E-state index contributed by atoms with van der Waals surface area (Å²) < 4.78 is 36.6. The van der Waals surface area contributed by atoms with E-state index in [-0.39, 0.29) is 12.2 Å². The Morgan fingerprint density at radius 3 is 2.46 bits per heavy atom.